The van der Waals surface area contributed by atoms with Gasteiger partial charge in [0.15, 0.2) is 0 Å². The minimum absolute atomic E-state index is 0.313. The highest BCUT2D eigenvalue weighted by Crippen LogP contribution is 2.22. The van der Waals surface area contributed by atoms with Gasteiger partial charge in [-0.3, -0.25) is 4.90 Å². The summed E-state index contributed by atoms with van der Waals surface area (Å²) < 4.78 is 14.1. The molecule has 114 valence electrons. The number of thiazole rings is 1. The van der Waals surface area contributed by atoms with E-state index < -0.39 is 0 Å². The molecule has 1 aromatic carbocycles. The molecule has 0 radical (unpaired) electrons. The van der Waals surface area contributed by atoms with Gasteiger partial charge in [-0.05, 0) is 24.6 Å². The maximum atomic E-state index is 14.1. The van der Waals surface area contributed by atoms with Crippen LogP contribution in [0.3, 0.4) is 0 Å². The van der Waals surface area contributed by atoms with Gasteiger partial charge in [-0.2, -0.15) is 5.26 Å². The second-order valence-corrected chi connectivity index (χ2v) is 6.09. The zero-order valence-corrected chi connectivity index (χ0v) is 13.0. The third kappa shape index (κ3) is 3.43. The minimum atomic E-state index is -0.313. The number of benzene rings is 1. The van der Waals surface area contributed by atoms with Gasteiger partial charge in [0.05, 0.1) is 28.5 Å². The van der Waals surface area contributed by atoms with E-state index in [1.165, 1.54) is 6.07 Å². The van der Waals surface area contributed by atoms with Crippen LogP contribution in [0.4, 0.5) is 10.1 Å². The Balaban J connectivity index is 1.66. The second-order valence-electron chi connectivity index (χ2n) is 5.37. The van der Waals surface area contributed by atoms with Crippen molar-refractivity contribution in [3.8, 4) is 6.07 Å². The van der Waals surface area contributed by atoms with Crippen molar-refractivity contribution in [1.29, 1.82) is 5.26 Å². The maximum absolute atomic E-state index is 14.1. The van der Waals surface area contributed by atoms with Crippen molar-refractivity contribution in [3.63, 3.8) is 0 Å². The van der Waals surface area contributed by atoms with Crippen LogP contribution in [0.2, 0.25) is 0 Å². The van der Waals surface area contributed by atoms with E-state index in [4.69, 9.17) is 5.26 Å². The smallest absolute Gasteiger partial charge is 0.147 e. The standard InChI is InChI=1S/C16H17FN4S/c17-15-8-13(9-18)2-3-16(15)21-5-1-4-20(6-7-21)10-14-11-22-12-19-14/h2-3,8,11-12H,1,4-7,10H2. The first-order valence-electron chi connectivity index (χ1n) is 7.30. The van der Waals surface area contributed by atoms with Gasteiger partial charge in [0, 0.05) is 38.1 Å². The average molecular weight is 316 g/mol. The topological polar surface area (TPSA) is 43.2 Å². The molecule has 3 rings (SSSR count). The number of halogens is 1. The van der Waals surface area contributed by atoms with Gasteiger partial charge in [-0.15, -0.1) is 11.3 Å². The van der Waals surface area contributed by atoms with Crippen LogP contribution in [-0.4, -0.2) is 36.1 Å². The highest BCUT2D eigenvalue weighted by atomic mass is 32.1. The fourth-order valence-electron chi connectivity index (χ4n) is 2.75. The molecule has 1 aromatic heterocycles. The number of nitriles is 1. The van der Waals surface area contributed by atoms with Crippen molar-refractivity contribution in [1.82, 2.24) is 9.88 Å². The summed E-state index contributed by atoms with van der Waals surface area (Å²) >= 11 is 1.61. The maximum Gasteiger partial charge on any atom is 0.147 e. The Kier molecular flexibility index (Phi) is 4.66. The van der Waals surface area contributed by atoms with E-state index in [-0.39, 0.29) is 5.82 Å². The number of hydrogen-bond acceptors (Lipinski definition) is 5. The quantitative estimate of drug-likeness (QED) is 0.873. The lowest BCUT2D eigenvalue weighted by Gasteiger charge is -2.24. The Bertz CT molecular complexity index is 665. The fraction of sp³-hybridized carbons (Fsp3) is 0.375. The Morgan fingerprint density at radius 2 is 2.18 bits per heavy atom. The zero-order chi connectivity index (χ0) is 15.4. The number of aromatic nitrogens is 1. The number of hydrogen-bond donors (Lipinski definition) is 0. The lowest BCUT2D eigenvalue weighted by molar-refractivity contribution is 0.282. The van der Waals surface area contributed by atoms with Crippen LogP contribution in [0.25, 0.3) is 0 Å². The van der Waals surface area contributed by atoms with Crippen molar-refractivity contribution in [3.05, 3.63) is 46.2 Å². The zero-order valence-electron chi connectivity index (χ0n) is 12.2. The first-order chi connectivity index (χ1) is 10.8. The monoisotopic (exact) mass is 316 g/mol. The largest absolute Gasteiger partial charge is 0.368 e. The predicted octanol–water partition coefficient (Wildman–Crippen LogP) is 2.87. The van der Waals surface area contributed by atoms with E-state index in [2.05, 4.69) is 20.2 Å². The Hall–Kier alpha value is -1.97. The summed E-state index contributed by atoms with van der Waals surface area (Å²) in [5.41, 5.74) is 3.91. The predicted molar refractivity (Wildman–Crippen MR) is 85.3 cm³/mol. The second kappa shape index (κ2) is 6.86. The van der Waals surface area contributed by atoms with E-state index in [0.717, 1.165) is 44.8 Å². The first-order valence-corrected chi connectivity index (χ1v) is 8.24. The van der Waals surface area contributed by atoms with Crippen molar-refractivity contribution >= 4 is 17.0 Å². The Morgan fingerprint density at radius 1 is 1.27 bits per heavy atom. The Morgan fingerprint density at radius 3 is 2.91 bits per heavy atom. The fourth-order valence-corrected chi connectivity index (χ4v) is 3.30. The van der Waals surface area contributed by atoms with E-state index in [9.17, 15) is 4.39 Å². The molecule has 0 N–H and O–H groups in total. The number of nitrogens with zero attached hydrogens (tertiary/aromatic N) is 4. The summed E-state index contributed by atoms with van der Waals surface area (Å²) in [6.45, 7) is 4.35. The van der Waals surface area contributed by atoms with Crippen molar-refractivity contribution in [2.24, 2.45) is 0 Å². The van der Waals surface area contributed by atoms with Crippen LogP contribution in [0.15, 0.2) is 29.1 Å². The molecule has 0 amide bonds. The highest BCUT2D eigenvalue weighted by molar-refractivity contribution is 7.07. The number of anilines is 1. The minimum Gasteiger partial charge on any atom is -0.368 e. The summed E-state index contributed by atoms with van der Waals surface area (Å²) in [4.78, 5) is 8.75. The molecular weight excluding hydrogens is 299 g/mol. The van der Waals surface area contributed by atoms with Crippen LogP contribution < -0.4 is 4.90 Å². The van der Waals surface area contributed by atoms with Gasteiger partial charge in [0.2, 0.25) is 0 Å². The van der Waals surface area contributed by atoms with Gasteiger partial charge >= 0.3 is 0 Å². The average Bonchev–Trinajstić information content (AvgIpc) is 2.93. The van der Waals surface area contributed by atoms with E-state index >= 15 is 0 Å². The Labute approximate surface area is 133 Å². The van der Waals surface area contributed by atoms with Crippen molar-refractivity contribution < 1.29 is 4.39 Å². The molecular formula is C16H17FN4S. The molecule has 0 saturated carbocycles. The molecule has 22 heavy (non-hydrogen) atoms. The highest BCUT2D eigenvalue weighted by Gasteiger charge is 2.18. The molecule has 0 atom stereocenters. The molecule has 0 bridgehead atoms. The van der Waals surface area contributed by atoms with Crippen LogP contribution in [0, 0.1) is 17.1 Å². The molecule has 1 saturated heterocycles. The van der Waals surface area contributed by atoms with E-state index in [0.29, 0.717) is 11.3 Å². The van der Waals surface area contributed by atoms with Gasteiger partial charge in [-0.1, -0.05) is 0 Å². The molecule has 1 aliphatic heterocycles. The third-order valence-corrected chi connectivity index (χ3v) is 4.51. The molecule has 6 heteroatoms. The lowest BCUT2D eigenvalue weighted by Crippen LogP contribution is -2.31. The summed E-state index contributed by atoms with van der Waals surface area (Å²) in [6.07, 6.45) is 0.990. The molecule has 0 aliphatic carbocycles. The van der Waals surface area contributed by atoms with Crippen LogP contribution in [0.1, 0.15) is 17.7 Å². The molecule has 0 spiro atoms. The van der Waals surface area contributed by atoms with Crippen LogP contribution in [-0.2, 0) is 6.54 Å². The first kappa shape index (κ1) is 14.9. The summed E-state index contributed by atoms with van der Waals surface area (Å²) in [5, 5.41) is 10.9. The van der Waals surface area contributed by atoms with Crippen LogP contribution in [0.5, 0.6) is 0 Å². The van der Waals surface area contributed by atoms with E-state index in [1.807, 2.05) is 11.6 Å². The molecule has 2 aromatic rings. The van der Waals surface area contributed by atoms with Crippen molar-refractivity contribution in [2.45, 2.75) is 13.0 Å². The molecule has 1 aliphatic rings. The SMILES string of the molecule is N#Cc1ccc(N2CCCN(Cc3cscn3)CC2)c(F)c1. The summed E-state index contributed by atoms with van der Waals surface area (Å²) in [5.74, 6) is -0.313. The van der Waals surface area contributed by atoms with Gasteiger partial charge in [-0.25, -0.2) is 9.37 Å². The van der Waals surface area contributed by atoms with Crippen molar-refractivity contribution in [2.75, 3.05) is 31.1 Å². The molecule has 2 heterocycles. The summed E-state index contributed by atoms with van der Waals surface area (Å²) in [7, 11) is 0. The lowest BCUT2D eigenvalue weighted by atomic mass is 10.2. The van der Waals surface area contributed by atoms with Gasteiger partial charge in [0.25, 0.3) is 0 Å². The molecule has 0 unspecified atom stereocenters. The number of rotatable bonds is 3. The normalized spacial score (nSPS) is 16.3. The molecule has 4 nitrogen and oxygen atoms in total. The molecule has 1 fully saturated rings. The van der Waals surface area contributed by atoms with Gasteiger partial charge < -0.3 is 4.90 Å². The third-order valence-electron chi connectivity index (χ3n) is 3.88. The van der Waals surface area contributed by atoms with Crippen LogP contribution >= 0.6 is 11.3 Å². The van der Waals surface area contributed by atoms with Gasteiger partial charge in [0.1, 0.15) is 5.82 Å². The van der Waals surface area contributed by atoms with E-state index in [1.54, 1.807) is 23.5 Å². The summed E-state index contributed by atoms with van der Waals surface area (Å²) in [6, 6.07) is 6.67.